The molecule has 20 heavy (non-hydrogen) atoms. The van der Waals surface area contributed by atoms with Crippen LogP contribution in [-0.2, 0) is 18.4 Å². The van der Waals surface area contributed by atoms with Crippen LogP contribution in [0.15, 0.2) is 6.20 Å². The van der Waals surface area contributed by atoms with Gasteiger partial charge in [0.15, 0.2) is 11.5 Å². The van der Waals surface area contributed by atoms with Crippen LogP contribution in [0.25, 0.3) is 11.0 Å². The zero-order valence-corrected chi connectivity index (χ0v) is 12.7. The molecule has 0 saturated carbocycles. The van der Waals surface area contributed by atoms with Crippen LogP contribution in [0, 0.1) is 5.92 Å². The predicted molar refractivity (Wildman–Crippen MR) is 79.6 cm³/mol. The Bertz CT molecular complexity index is 566. The first-order valence-corrected chi connectivity index (χ1v) is 7.09. The average Bonchev–Trinajstić information content (AvgIpc) is 2.80. The fourth-order valence-corrected chi connectivity index (χ4v) is 2.25. The van der Waals surface area contributed by atoms with Crippen LogP contribution in [0.3, 0.4) is 0 Å². The molecule has 2 heterocycles. The number of hydrogen-bond donors (Lipinski definition) is 1. The maximum absolute atomic E-state index is 5.72. The Kier molecular flexibility index (Phi) is 4.89. The van der Waals surface area contributed by atoms with Gasteiger partial charge in [-0.2, -0.15) is 5.10 Å². The van der Waals surface area contributed by atoms with Crippen molar-refractivity contribution in [2.45, 2.75) is 33.3 Å². The third kappa shape index (κ3) is 3.25. The van der Waals surface area contributed by atoms with Crippen LogP contribution < -0.4 is 5.32 Å². The predicted octanol–water partition coefficient (Wildman–Crippen LogP) is 2.36. The van der Waals surface area contributed by atoms with Gasteiger partial charge in [0.25, 0.3) is 0 Å². The van der Waals surface area contributed by atoms with E-state index in [1.807, 2.05) is 14.1 Å². The molecule has 0 bridgehead atoms. The number of aromatic nitrogens is 4. The molecule has 0 aliphatic rings. The van der Waals surface area contributed by atoms with Crippen molar-refractivity contribution < 1.29 is 4.74 Å². The second-order valence-electron chi connectivity index (χ2n) is 5.15. The van der Waals surface area contributed by atoms with E-state index in [0.29, 0.717) is 18.3 Å². The molecule has 0 saturated heterocycles. The van der Waals surface area contributed by atoms with Crippen molar-refractivity contribution in [1.29, 1.82) is 0 Å². The molecule has 110 valence electrons. The maximum Gasteiger partial charge on any atom is 0.163 e. The van der Waals surface area contributed by atoms with Crippen LogP contribution >= 0.6 is 0 Å². The number of fused-ring (bicyclic) bond motifs is 1. The summed E-state index contributed by atoms with van der Waals surface area (Å²) in [5.74, 6) is 2.06. The Morgan fingerprint density at radius 1 is 1.40 bits per heavy atom. The van der Waals surface area contributed by atoms with E-state index in [4.69, 9.17) is 4.74 Å². The average molecular weight is 277 g/mol. The van der Waals surface area contributed by atoms with Crippen molar-refractivity contribution >= 4 is 16.9 Å². The van der Waals surface area contributed by atoms with E-state index < -0.39 is 0 Å². The Hall–Kier alpha value is -1.69. The quantitative estimate of drug-likeness (QED) is 0.841. The first kappa shape index (κ1) is 14.7. The van der Waals surface area contributed by atoms with Crippen molar-refractivity contribution in [2.24, 2.45) is 13.0 Å². The molecule has 6 heteroatoms. The Labute approximate surface area is 119 Å². The minimum absolute atomic E-state index is 0.434. The van der Waals surface area contributed by atoms with Gasteiger partial charge >= 0.3 is 0 Å². The number of rotatable bonds is 7. The van der Waals surface area contributed by atoms with E-state index in [0.717, 1.165) is 23.5 Å². The maximum atomic E-state index is 5.72. The van der Waals surface area contributed by atoms with E-state index in [9.17, 15) is 0 Å². The number of nitrogens with one attached hydrogen (secondary N) is 1. The van der Waals surface area contributed by atoms with Gasteiger partial charge in [-0.05, 0) is 12.3 Å². The first-order valence-electron chi connectivity index (χ1n) is 7.09. The zero-order valence-electron chi connectivity index (χ0n) is 12.7. The monoisotopic (exact) mass is 277 g/mol. The lowest BCUT2D eigenvalue weighted by Crippen LogP contribution is -2.09. The summed E-state index contributed by atoms with van der Waals surface area (Å²) in [5, 5.41) is 8.22. The summed E-state index contributed by atoms with van der Waals surface area (Å²) in [6.45, 7) is 5.57. The topological polar surface area (TPSA) is 64.9 Å². The molecule has 2 aromatic heterocycles. The summed E-state index contributed by atoms with van der Waals surface area (Å²) in [7, 11) is 3.73. The van der Waals surface area contributed by atoms with Gasteiger partial charge < -0.3 is 10.1 Å². The second kappa shape index (κ2) is 6.65. The summed E-state index contributed by atoms with van der Waals surface area (Å²) in [4.78, 5) is 8.99. The van der Waals surface area contributed by atoms with Gasteiger partial charge in [0.05, 0.1) is 11.6 Å². The molecule has 2 rings (SSSR count). The van der Waals surface area contributed by atoms with E-state index in [1.165, 1.54) is 12.8 Å². The number of anilines is 1. The third-order valence-electron chi connectivity index (χ3n) is 3.29. The molecule has 0 radical (unpaired) electrons. The van der Waals surface area contributed by atoms with Crippen LogP contribution in [0.4, 0.5) is 5.82 Å². The first-order chi connectivity index (χ1) is 9.65. The molecule has 1 unspecified atom stereocenters. The van der Waals surface area contributed by atoms with Crippen LogP contribution in [0.2, 0.25) is 0 Å². The highest BCUT2D eigenvalue weighted by Crippen LogP contribution is 2.19. The van der Waals surface area contributed by atoms with Crippen LogP contribution in [-0.4, -0.2) is 33.4 Å². The summed E-state index contributed by atoms with van der Waals surface area (Å²) >= 11 is 0. The minimum atomic E-state index is 0.434. The number of hydrogen-bond acceptors (Lipinski definition) is 5. The van der Waals surface area contributed by atoms with Gasteiger partial charge in [0, 0.05) is 20.7 Å². The highest BCUT2D eigenvalue weighted by molar-refractivity contribution is 5.86. The van der Waals surface area contributed by atoms with E-state index in [-0.39, 0.29) is 0 Å². The molecule has 0 aliphatic carbocycles. The molecule has 0 aromatic carbocycles. The van der Waals surface area contributed by atoms with Gasteiger partial charge in [-0.1, -0.05) is 20.3 Å². The summed E-state index contributed by atoms with van der Waals surface area (Å²) < 4.78 is 7.47. The zero-order chi connectivity index (χ0) is 14.5. The lowest BCUT2D eigenvalue weighted by molar-refractivity contribution is 0.0850. The highest BCUT2D eigenvalue weighted by atomic mass is 16.5. The fraction of sp³-hybridized carbons (Fsp3) is 0.643. The van der Waals surface area contributed by atoms with Gasteiger partial charge in [0.2, 0.25) is 0 Å². The smallest absolute Gasteiger partial charge is 0.163 e. The molecule has 0 fully saturated rings. The van der Waals surface area contributed by atoms with Crippen molar-refractivity contribution in [1.82, 2.24) is 19.7 Å². The number of nitrogens with zero attached hydrogens (tertiary/aromatic N) is 4. The normalized spacial score (nSPS) is 12.8. The number of ether oxygens (including phenoxy) is 1. The van der Waals surface area contributed by atoms with E-state index in [1.54, 1.807) is 10.9 Å². The van der Waals surface area contributed by atoms with Crippen LogP contribution in [0.5, 0.6) is 0 Å². The SMILES string of the molecule is CCCC(C)COCc1nc(NC)c2cnn(C)c2n1. The summed E-state index contributed by atoms with van der Waals surface area (Å²) in [6, 6.07) is 0. The van der Waals surface area contributed by atoms with Crippen LogP contribution in [0.1, 0.15) is 32.5 Å². The number of aryl methyl sites for hydroxylation is 1. The Balaban J connectivity index is 2.08. The Morgan fingerprint density at radius 2 is 2.20 bits per heavy atom. The van der Waals surface area contributed by atoms with Crippen molar-refractivity contribution in [3.8, 4) is 0 Å². The summed E-state index contributed by atoms with van der Waals surface area (Å²) in [6.07, 6.45) is 4.14. The molecule has 2 aromatic rings. The minimum Gasteiger partial charge on any atom is -0.373 e. The highest BCUT2D eigenvalue weighted by Gasteiger charge is 2.11. The van der Waals surface area contributed by atoms with E-state index in [2.05, 4.69) is 34.2 Å². The fourth-order valence-electron chi connectivity index (χ4n) is 2.25. The van der Waals surface area contributed by atoms with E-state index >= 15 is 0 Å². The molecular weight excluding hydrogens is 254 g/mol. The second-order valence-corrected chi connectivity index (χ2v) is 5.15. The Morgan fingerprint density at radius 3 is 2.90 bits per heavy atom. The molecule has 0 aliphatic heterocycles. The van der Waals surface area contributed by atoms with Crippen molar-refractivity contribution in [3.63, 3.8) is 0 Å². The van der Waals surface area contributed by atoms with Crippen molar-refractivity contribution in [2.75, 3.05) is 19.0 Å². The molecule has 1 N–H and O–H groups in total. The standard InChI is InChI=1S/C14H23N5O/c1-5-6-10(2)8-20-9-12-17-13(15-3)11-7-16-19(4)14(11)18-12/h7,10H,5-6,8-9H2,1-4H3,(H,15,17,18). The lowest BCUT2D eigenvalue weighted by Gasteiger charge is -2.11. The summed E-state index contributed by atoms with van der Waals surface area (Å²) in [5.41, 5.74) is 0.824. The van der Waals surface area contributed by atoms with Crippen molar-refractivity contribution in [3.05, 3.63) is 12.0 Å². The van der Waals surface area contributed by atoms with Gasteiger partial charge in [-0.3, -0.25) is 4.68 Å². The van der Waals surface area contributed by atoms with Gasteiger partial charge in [0.1, 0.15) is 12.4 Å². The molecular formula is C14H23N5O. The molecule has 0 spiro atoms. The van der Waals surface area contributed by atoms with Gasteiger partial charge in [-0.15, -0.1) is 0 Å². The third-order valence-corrected chi connectivity index (χ3v) is 3.29. The lowest BCUT2D eigenvalue weighted by atomic mass is 10.1. The molecule has 6 nitrogen and oxygen atoms in total. The molecule has 0 amide bonds. The molecule has 1 atom stereocenters. The van der Waals surface area contributed by atoms with Gasteiger partial charge in [-0.25, -0.2) is 9.97 Å². The largest absolute Gasteiger partial charge is 0.373 e.